The standard InChI is InChI=1S/C15H32O5Si/c1-5-18-21(19-6-2,20-7-3)11-10-13-8-9-14(16)15(12-13)17-4/h13-16H,5-12H2,1-4H3. The SMILES string of the molecule is CCO[Si](CCC1CCC(O)C(OC)C1)(OCC)OCC. The lowest BCUT2D eigenvalue weighted by Crippen LogP contribution is -2.46. The lowest BCUT2D eigenvalue weighted by Gasteiger charge is -2.34. The summed E-state index contributed by atoms with van der Waals surface area (Å²) in [6.07, 6.45) is 3.42. The van der Waals surface area contributed by atoms with E-state index < -0.39 is 8.80 Å². The summed E-state index contributed by atoms with van der Waals surface area (Å²) < 4.78 is 23.0. The van der Waals surface area contributed by atoms with Crippen molar-refractivity contribution in [1.82, 2.24) is 0 Å². The van der Waals surface area contributed by atoms with Gasteiger partial charge in [0, 0.05) is 33.0 Å². The number of hydrogen-bond acceptors (Lipinski definition) is 5. The molecule has 3 atom stereocenters. The van der Waals surface area contributed by atoms with Gasteiger partial charge in [-0.1, -0.05) is 0 Å². The van der Waals surface area contributed by atoms with Crippen LogP contribution in [0.25, 0.3) is 0 Å². The fraction of sp³-hybridized carbons (Fsp3) is 1.00. The van der Waals surface area contributed by atoms with Crippen molar-refractivity contribution in [3.63, 3.8) is 0 Å². The lowest BCUT2D eigenvalue weighted by atomic mass is 9.84. The van der Waals surface area contributed by atoms with E-state index in [1.807, 2.05) is 20.8 Å². The van der Waals surface area contributed by atoms with Crippen LogP contribution in [0, 0.1) is 5.92 Å². The van der Waals surface area contributed by atoms with Gasteiger partial charge in [-0.15, -0.1) is 0 Å². The second kappa shape index (κ2) is 9.92. The summed E-state index contributed by atoms with van der Waals surface area (Å²) in [5, 5.41) is 9.88. The zero-order valence-electron chi connectivity index (χ0n) is 14.0. The first kappa shape index (κ1) is 19.1. The van der Waals surface area contributed by atoms with Gasteiger partial charge < -0.3 is 23.1 Å². The molecule has 0 bridgehead atoms. The molecule has 1 fully saturated rings. The van der Waals surface area contributed by atoms with Crippen LogP contribution in [0.4, 0.5) is 0 Å². The molecule has 1 saturated carbocycles. The van der Waals surface area contributed by atoms with Gasteiger partial charge in [0.2, 0.25) is 0 Å². The van der Waals surface area contributed by atoms with E-state index in [2.05, 4.69) is 0 Å². The first-order valence-corrected chi connectivity index (χ1v) is 10.2. The number of aliphatic hydroxyl groups excluding tert-OH is 1. The minimum atomic E-state index is -2.53. The summed E-state index contributed by atoms with van der Waals surface area (Å²) in [6, 6.07) is 0.847. The molecule has 0 aliphatic heterocycles. The van der Waals surface area contributed by atoms with Crippen LogP contribution in [-0.4, -0.2) is 53.0 Å². The molecule has 0 radical (unpaired) electrons. The molecule has 5 nitrogen and oxygen atoms in total. The van der Waals surface area contributed by atoms with Crippen molar-refractivity contribution in [3.05, 3.63) is 0 Å². The minimum absolute atomic E-state index is 0.0360. The van der Waals surface area contributed by atoms with Crippen molar-refractivity contribution in [2.45, 2.75) is 64.7 Å². The van der Waals surface area contributed by atoms with Crippen molar-refractivity contribution < 1.29 is 23.1 Å². The Morgan fingerprint density at radius 3 is 2.05 bits per heavy atom. The predicted molar refractivity (Wildman–Crippen MR) is 84.2 cm³/mol. The Hall–Kier alpha value is 0.0169. The Morgan fingerprint density at radius 1 is 1.00 bits per heavy atom. The molecule has 21 heavy (non-hydrogen) atoms. The highest BCUT2D eigenvalue weighted by atomic mass is 28.4. The number of aliphatic hydroxyl groups is 1. The molecule has 0 spiro atoms. The third-order valence-electron chi connectivity index (χ3n) is 4.12. The molecule has 3 unspecified atom stereocenters. The molecule has 0 saturated heterocycles. The van der Waals surface area contributed by atoms with Gasteiger partial charge in [-0.05, 0) is 52.4 Å². The maximum absolute atomic E-state index is 9.88. The van der Waals surface area contributed by atoms with Gasteiger partial charge in [0.25, 0.3) is 0 Å². The topological polar surface area (TPSA) is 57.2 Å². The number of rotatable bonds is 10. The highest BCUT2D eigenvalue weighted by Gasteiger charge is 2.41. The molecule has 1 rings (SSSR count). The van der Waals surface area contributed by atoms with Crippen molar-refractivity contribution in [2.24, 2.45) is 5.92 Å². The molecule has 6 heteroatoms. The van der Waals surface area contributed by atoms with Gasteiger partial charge in [-0.3, -0.25) is 0 Å². The molecule has 0 aromatic carbocycles. The van der Waals surface area contributed by atoms with E-state index >= 15 is 0 Å². The smallest absolute Gasteiger partial charge is 0.390 e. The van der Waals surface area contributed by atoms with Crippen molar-refractivity contribution in [2.75, 3.05) is 26.9 Å². The summed E-state index contributed by atoms with van der Waals surface area (Å²) in [7, 11) is -0.856. The summed E-state index contributed by atoms with van der Waals surface area (Å²) in [5.41, 5.74) is 0. The van der Waals surface area contributed by atoms with Crippen LogP contribution >= 0.6 is 0 Å². The first-order chi connectivity index (χ1) is 10.1. The lowest BCUT2D eigenvalue weighted by molar-refractivity contribution is -0.0514. The van der Waals surface area contributed by atoms with E-state index in [9.17, 15) is 5.11 Å². The molecule has 0 aromatic heterocycles. The second-order valence-electron chi connectivity index (χ2n) is 5.54. The molecule has 0 aromatic rings. The molecule has 0 heterocycles. The average molecular weight is 321 g/mol. The van der Waals surface area contributed by atoms with Gasteiger partial charge >= 0.3 is 8.80 Å². The summed E-state index contributed by atoms with van der Waals surface area (Å²) in [5.74, 6) is 0.548. The number of hydrogen-bond donors (Lipinski definition) is 1. The Balaban J connectivity index is 2.55. The Morgan fingerprint density at radius 2 is 1.57 bits per heavy atom. The highest BCUT2D eigenvalue weighted by molar-refractivity contribution is 6.60. The molecular weight excluding hydrogens is 288 g/mol. The molecule has 0 amide bonds. The normalized spacial score (nSPS) is 27.0. The summed E-state index contributed by atoms with van der Waals surface area (Å²) in [6.45, 7) is 7.82. The van der Waals surface area contributed by atoms with Crippen LogP contribution < -0.4 is 0 Å². The Bertz CT molecular complexity index is 260. The molecule has 1 N–H and O–H groups in total. The monoisotopic (exact) mass is 320 g/mol. The molecule has 1 aliphatic rings. The maximum atomic E-state index is 9.88. The van der Waals surface area contributed by atoms with Crippen LogP contribution in [0.3, 0.4) is 0 Å². The number of methoxy groups -OCH3 is 1. The van der Waals surface area contributed by atoms with Gasteiger partial charge in [0.15, 0.2) is 0 Å². The molecule has 1 aliphatic carbocycles. The highest BCUT2D eigenvalue weighted by Crippen LogP contribution is 2.32. The van der Waals surface area contributed by atoms with E-state index in [4.69, 9.17) is 18.0 Å². The van der Waals surface area contributed by atoms with Gasteiger partial charge in [-0.25, -0.2) is 0 Å². The molecule has 126 valence electrons. The van der Waals surface area contributed by atoms with Crippen molar-refractivity contribution >= 4 is 8.80 Å². The van der Waals surface area contributed by atoms with Crippen LogP contribution in [0.2, 0.25) is 6.04 Å². The van der Waals surface area contributed by atoms with Crippen LogP contribution in [0.15, 0.2) is 0 Å². The van der Waals surface area contributed by atoms with Gasteiger partial charge in [0.1, 0.15) is 0 Å². The van der Waals surface area contributed by atoms with E-state index in [1.165, 1.54) is 0 Å². The summed E-state index contributed by atoms with van der Waals surface area (Å²) in [4.78, 5) is 0. The molecular formula is C15H32O5Si. The maximum Gasteiger partial charge on any atom is 0.500 e. The van der Waals surface area contributed by atoms with E-state index in [-0.39, 0.29) is 12.2 Å². The van der Waals surface area contributed by atoms with Crippen molar-refractivity contribution in [3.8, 4) is 0 Å². The Labute approximate surface area is 130 Å². The van der Waals surface area contributed by atoms with Crippen molar-refractivity contribution in [1.29, 1.82) is 0 Å². The van der Waals surface area contributed by atoms with E-state index in [0.29, 0.717) is 25.7 Å². The average Bonchev–Trinajstić information content (AvgIpc) is 2.47. The third kappa shape index (κ3) is 5.96. The van der Waals surface area contributed by atoms with Crippen LogP contribution in [0.5, 0.6) is 0 Å². The third-order valence-corrected chi connectivity index (χ3v) is 7.21. The second-order valence-corrected chi connectivity index (χ2v) is 8.27. The quantitative estimate of drug-likeness (QED) is 0.627. The zero-order valence-corrected chi connectivity index (χ0v) is 15.0. The fourth-order valence-corrected chi connectivity index (χ4v) is 5.86. The predicted octanol–water partition coefficient (Wildman–Crippen LogP) is 2.60. The Kier molecular flexibility index (Phi) is 9.00. The summed E-state index contributed by atoms with van der Waals surface area (Å²) >= 11 is 0. The van der Waals surface area contributed by atoms with E-state index in [0.717, 1.165) is 31.7 Å². The van der Waals surface area contributed by atoms with Crippen LogP contribution in [0.1, 0.15) is 46.5 Å². The fourth-order valence-electron chi connectivity index (χ4n) is 3.09. The van der Waals surface area contributed by atoms with Crippen LogP contribution in [-0.2, 0) is 18.0 Å². The first-order valence-electron chi connectivity index (χ1n) is 8.23. The number of ether oxygens (including phenoxy) is 1. The zero-order chi connectivity index (χ0) is 15.7. The van der Waals surface area contributed by atoms with Gasteiger partial charge in [0.05, 0.1) is 12.2 Å². The minimum Gasteiger partial charge on any atom is -0.390 e. The largest absolute Gasteiger partial charge is 0.500 e. The van der Waals surface area contributed by atoms with E-state index in [1.54, 1.807) is 7.11 Å². The van der Waals surface area contributed by atoms with Gasteiger partial charge in [-0.2, -0.15) is 0 Å².